The lowest BCUT2D eigenvalue weighted by atomic mass is 10.1. The van der Waals surface area contributed by atoms with Gasteiger partial charge < -0.3 is 24.8 Å². The van der Waals surface area contributed by atoms with Gasteiger partial charge in [-0.1, -0.05) is 6.07 Å². The van der Waals surface area contributed by atoms with Crippen LogP contribution in [0.3, 0.4) is 0 Å². The van der Waals surface area contributed by atoms with Crippen molar-refractivity contribution >= 4 is 6.03 Å². The molecule has 0 bridgehead atoms. The zero-order chi connectivity index (χ0) is 16.8. The number of carbonyl (C=O) groups excluding carboxylic acids is 1. The third-order valence-corrected chi connectivity index (χ3v) is 4.59. The van der Waals surface area contributed by atoms with Crippen LogP contribution < -0.4 is 10.1 Å². The van der Waals surface area contributed by atoms with Crippen LogP contribution in [-0.2, 0) is 17.9 Å². The largest absolute Gasteiger partial charge is 0.491 e. The van der Waals surface area contributed by atoms with E-state index in [0.717, 1.165) is 42.7 Å². The first-order valence-electron chi connectivity index (χ1n) is 8.76. The van der Waals surface area contributed by atoms with Crippen LogP contribution in [0.1, 0.15) is 36.8 Å². The van der Waals surface area contributed by atoms with Crippen LogP contribution in [0.2, 0.25) is 0 Å². The monoisotopic (exact) mass is 334 g/mol. The maximum Gasteiger partial charge on any atom is 0.317 e. The highest BCUT2D eigenvalue weighted by Gasteiger charge is 2.20. The van der Waals surface area contributed by atoms with Crippen LogP contribution in [0.15, 0.2) is 18.2 Å². The lowest BCUT2D eigenvalue weighted by Gasteiger charge is -2.24. The molecule has 1 aromatic rings. The van der Waals surface area contributed by atoms with Crippen molar-refractivity contribution in [2.24, 2.45) is 0 Å². The van der Waals surface area contributed by atoms with Crippen molar-refractivity contribution in [3.05, 3.63) is 29.3 Å². The molecule has 0 aliphatic carbocycles. The van der Waals surface area contributed by atoms with Gasteiger partial charge in [0.1, 0.15) is 12.4 Å². The summed E-state index contributed by atoms with van der Waals surface area (Å²) in [5, 5.41) is 12.3. The number of benzene rings is 1. The van der Waals surface area contributed by atoms with Gasteiger partial charge in [0.05, 0.1) is 25.8 Å². The summed E-state index contributed by atoms with van der Waals surface area (Å²) in [6, 6.07) is 5.54. The van der Waals surface area contributed by atoms with Gasteiger partial charge in [-0.15, -0.1) is 0 Å². The summed E-state index contributed by atoms with van der Waals surface area (Å²) in [7, 11) is 0. The fraction of sp³-hybridized carbons (Fsp3) is 0.611. The summed E-state index contributed by atoms with van der Waals surface area (Å²) in [5.74, 6) is 0.790. The highest BCUT2D eigenvalue weighted by molar-refractivity contribution is 5.74. The van der Waals surface area contributed by atoms with Gasteiger partial charge in [0.25, 0.3) is 0 Å². The molecule has 2 N–H and O–H groups in total. The molecule has 2 amide bonds. The number of nitrogens with zero attached hydrogens (tertiary/aromatic N) is 1. The molecule has 1 saturated heterocycles. The lowest BCUT2D eigenvalue weighted by Crippen LogP contribution is -2.41. The number of nitrogens with one attached hydrogen (secondary N) is 1. The van der Waals surface area contributed by atoms with Gasteiger partial charge in [-0.2, -0.15) is 0 Å². The molecular formula is C18H26N2O4. The number of carbonyl (C=O) groups is 1. The molecule has 24 heavy (non-hydrogen) atoms. The summed E-state index contributed by atoms with van der Waals surface area (Å²) >= 11 is 0. The first-order valence-corrected chi connectivity index (χ1v) is 8.76. The molecule has 132 valence electrons. The Hall–Kier alpha value is -1.79. The molecule has 0 unspecified atom stereocenters. The second-order valence-electron chi connectivity index (χ2n) is 6.38. The molecule has 1 fully saturated rings. The molecule has 2 aliphatic heterocycles. The van der Waals surface area contributed by atoms with Crippen molar-refractivity contribution in [2.75, 3.05) is 26.3 Å². The fourth-order valence-corrected chi connectivity index (χ4v) is 3.21. The predicted molar refractivity (Wildman–Crippen MR) is 89.9 cm³/mol. The zero-order valence-corrected chi connectivity index (χ0v) is 14.0. The van der Waals surface area contributed by atoms with Crippen LogP contribution in [0.25, 0.3) is 0 Å². The van der Waals surface area contributed by atoms with E-state index in [1.54, 1.807) is 4.90 Å². The van der Waals surface area contributed by atoms with Crippen molar-refractivity contribution in [1.82, 2.24) is 10.2 Å². The van der Waals surface area contributed by atoms with E-state index in [2.05, 4.69) is 5.32 Å². The SMILES string of the molecule is O=C(NCC[C@@H]1CCCCO1)N1CCOc2ccc(CO)cc2C1. The van der Waals surface area contributed by atoms with Gasteiger partial charge in [0.2, 0.25) is 0 Å². The summed E-state index contributed by atoms with van der Waals surface area (Å²) in [4.78, 5) is 14.2. The molecule has 0 saturated carbocycles. The molecule has 6 nitrogen and oxygen atoms in total. The first-order chi connectivity index (χ1) is 11.8. The molecule has 6 heteroatoms. The molecular weight excluding hydrogens is 308 g/mol. The third kappa shape index (κ3) is 4.39. The standard InChI is InChI=1S/C18H26N2O4/c21-13-14-4-5-17-15(11-14)12-20(8-10-24-17)18(22)19-7-6-16-3-1-2-9-23-16/h4-5,11,16,21H,1-3,6-10,12-13H2,(H,19,22)/t16-/m0/s1. The van der Waals surface area contributed by atoms with E-state index in [1.165, 1.54) is 6.42 Å². The van der Waals surface area contributed by atoms with Crippen LogP contribution in [0.4, 0.5) is 4.79 Å². The van der Waals surface area contributed by atoms with Crippen LogP contribution in [-0.4, -0.2) is 48.4 Å². The van der Waals surface area contributed by atoms with E-state index >= 15 is 0 Å². The van der Waals surface area contributed by atoms with E-state index in [1.807, 2.05) is 18.2 Å². The Balaban J connectivity index is 1.52. The van der Waals surface area contributed by atoms with Gasteiger partial charge in [-0.25, -0.2) is 4.79 Å². The van der Waals surface area contributed by atoms with Crippen LogP contribution >= 0.6 is 0 Å². The number of ether oxygens (including phenoxy) is 2. The number of hydrogen-bond acceptors (Lipinski definition) is 4. The first kappa shape index (κ1) is 17.0. The van der Waals surface area contributed by atoms with Gasteiger partial charge in [-0.05, 0) is 43.4 Å². The molecule has 2 heterocycles. The maximum atomic E-state index is 12.4. The summed E-state index contributed by atoms with van der Waals surface area (Å²) < 4.78 is 11.4. The highest BCUT2D eigenvalue weighted by Crippen LogP contribution is 2.24. The average Bonchev–Trinajstić information content (AvgIpc) is 2.84. The van der Waals surface area contributed by atoms with Gasteiger partial charge in [0.15, 0.2) is 0 Å². The Labute approximate surface area is 142 Å². The van der Waals surface area contributed by atoms with Crippen molar-refractivity contribution in [1.29, 1.82) is 0 Å². The van der Waals surface area contributed by atoms with E-state index < -0.39 is 0 Å². The average molecular weight is 334 g/mol. The summed E-state index contributed by atoms with van der Waals surface area (Å²) in [6.07, 6.45) is 4.59. The van der Waals surface area contributed by atoms with Gasteiger partial charge in [0, 0.05) is 18.7 Å². The molecule has 3 rings (SSSR count). The minimum Gasteiger partial charge on any atom is -0.491 e. The Kier molecular flexibility index (Phi) is 5.93. The van der Waals surface area contributed by atoms with E-state index in [4.69, 9.17) is 9.47 Å². The third-order valence-electron chi connectivity index (χ3n) is 4.59. The van der Waals surface area contributed by atoms with E-state index in [0.29, 0.717) is 26.2 Å². The second-order valence-corrected chi connectivity index (χ2v) is 6.38. The Morgan fingerprint density at radius 3 is 3.04 bits per heavy atom. The van der Waals surface area contributed by atoms with Gasteiger partial charge in [-0.3, -0.25) is 0 Å². The smallest absolute Gasteiger partial charge is 0.317 e. The number of amides is 2. The summed E-state index contributed by atoms with van der Waals surface area (Å²) in [6.45, 7) is 2.98. The Morgan fingerprint density at radius 1 is 1.33 bits per heavy atom. The quantitative estimate of drug-likeness (QED) is 0.884. The molecule has 0 radical (unpaired) electrons. The maximum absolute atomic E-state index is 12.4. The van der Waals surface area contributed by atoms with Crippen LogP contribution in [0.5, 0.6) is 5.75 Å². The number of fused-ring (bicyclic) bond motifs is 1. The molecule has 2 aliphatic rings. The van der Waals surface area contributed by atoms with Crippen molar-refractivity contribution in [3.63, 3.8) is 0 Å². The van der Waals surface area contributed by atoms with Crippen molar-refractivity contribution in [2.45, 2.75) is 44.9 Å². The molecule has 0 spiro atoms. The van der Waals surface area contributed by atoms with E-state index in [-0.39, 0.29) is 18.7 Å². The van der Waals surface area contributed by atoms with Crippen molar-refractivity contribution < 1.29 is 19.4 Å². The lowest BCUT2D eigenvalue weighted by molar-refractivity contribution is 0.0118. The number of aliphatic hydroxyl groups excluding tert-OH is 1. The van der Waals surface area contributed by atoms with Crippen molar-refractivity contribution in [3.8, 4) is 5.75 Å². The normalized spacial score (nSPS) is 20.7. The topological polar surface area (TPSA) is 71.0 Å². The summed E-state index contributed by atoms with van der Waals surface area (Å²) in [5.41, 5.74) is 1.76. The Bertz CT molecular complexity index is 558. The fourth-order valence-electron chi connectivity index (χ4n) is 3.21. The molecule has 1 aromatic carbocycles. The van der Waals surface area contributed by atoms with Gasteiger partial charge >= 0.3 is 6.03 Å². The number of hydrogen-bond donors (Lipinski definition) is 2. The minimum absolute atomic E-state index is 0.0130. The predicted octanol–water partition coefficient (Wildman–Crippen LogP) is 2.04. The number of urea groups is 1. The number of aliphatic hydroxyl groups is 1. The number of rotatable bonds is 4. The zero-order valence-electron chi connectivity index (χ0n) is 14.0. The van der Waals surface area contributed by atoms with E-state index in [9.17, 15) is 9.90 Å². The molecule has 1 atom stereocenters. The highest BCUT2D eigenvalue weighted by atomic mass is 16.5. The Morgan fingerprint density at radius 2 is 2.25 bits per heavy atom. The molecule has 0 aromatic heterocycles. The van der Waals surface area contributed by atoms with Crippen LogP contribution in [0, 0.1) is 0 Å². The minimum atomic E-state index is -0.0725. The second kappa shape index (κ2) is 8.35.